The van der Waals surface area contributed by atoms with Gasteiger partial charge >= 0.3 is 0 Å². The summed E-state index contributed by atoms with van der Waals surface area (Å²) in [5.41, 5.74) is 6.86. The topological polar surface area (TPSA) is 38.9 Å². The minimum atomic E-state index is 0.466. The average Bonchev–Trinajstić information content (AvgIpc) is 2.10. The molecular weight excluding hydrogens is 263 g/mol. The van der Waals surface area contributed by atoms with E-state index in [1.807, 2.05) is 19.1 Å². The van der Waals surface area contributed by atoms with Gasteiger partial charge in [0.05, 0.1) is 5.02 Å². The van der Waals surface area contributed by atoms with Crippen LogP contribution in [0, 0.1) is 6.92 Å². The van der Waals surface area contributed by atoms with Gasteiger partial charge in [-0.3, -0.25) is 0 Å². The van der Waals surface area contributed by atoms with Crippen molar-refractivity contribution in [2.75, 3.05) is 5.73 Å². The van der Waals surface area contributed by atoms with Crippen LogP contribution in [0.5, 0.6) is 0 Å². The number of hydrogen-bond acceptors (Lipinski definition) is 2. The molecule has 0 fully saturated rings. The lowest BCUT2D eigenvalue weighted by Gasteiger charge is -2.06. The Labute approximate surface area is 95.2 Å². The van der Waals surface area contributed by atoms with Crippen molar-refractivity contribution in [2.24, 2.45) is 0 Å². The summed E-state index contributed by atoms with van der Waals surface area (Å²) in [6, 6.07) is 3.91. The molecule has 1 heterocycles. The second-order valence-corrected chi connectivity index (χ2v) is 4.42. The Balaban J connectivity index is 3.00. The van der Waals surface area contributed by atoms with Gasteiger partial charge in [0.25, 0.3) is 0 Å². The van der Waals surface area contributed by atoms with Crippen LogP contribution < -0.4 is 5.73 Å². The van der Waals surface area contributed by atoms with Crippen molar-refractivity contribution in [3.05, 3.63) is 33.4 Å². The van der Waals surface area contributed by atoms with Crippen molar-refractivity contribution in [3.63, 3.8) is 0 Å². The number of aryl methyl sites for hydroxylation is 1. The highest BCUT2D eigenvalue weighted by Crippen LogP contribution is 2.33. The van der Waals surface area contributed by atoms with E-state index >= 15 is 0 Å². The molecule has 0 atom stereocenters. The molecule has 0 aliphatic rings. The number of anilines is 1. The minimum Gasteiger partial charge on any atom is -0.383 e. The summed E-state index contributed by atoms with van der Waals surface area (Å²) in [5, 5.41) is 2.46. The van der Waals surface area contributed by atoms with E-state index in [1.54, 1.807) is 6.20 Å². The number of fused-ring (bicyclic) bond motifs is 1. The van der Waals surface area contributed by atoms with Gasteiger partial charge in [-0.25, -0.2) is 4.98 Å². The molecule has 0 spiro atoms. The number of nitrogen functional groups attached to an aromatic ring is 1. The first-order valence-electron chi connectivity index (χ1n) is 4.09. The van der Waals surface area contributed by atoms with E-state index in [0.717, 1.165) is 20.8 Å². The number of benzene rings is 1. The van der Waals surface area contributed by atoms with Gasteiger partial charge in [-0.1, -0.05) is 17.7 Å². The molecule has 0 unspecified atom stereocenters. The zero-order valence-corrected chi connectivity index (χ0v) is 9.85. The van der Waals surface area contributed by atoms with Crippen LogP contribution in [0.2, 0.25) is 5.02 Å². The van der Waals surface area contributed by atoms with Crippen molar-refractivity contribution < 1.29 is 0 Å². The smallest absolute Gasteiger partial charge is 0.132 e. The van der Waals surface area contributed by atoms with E-state index in [-0.39, 0.29) is 0 Å². The number of nitrogens with two attached hydrogens (primary N) is 1. The van der Waals surface area contributed by atoms with Gasteiger partial charge in [-0.15, -0.1) is 0 Å². The lowest BCUT2D eigenvalue weighted by atomic mass is 10.1. The Morgan fingerprint density at radius 2 is 2.14 bits per heavy atom. The highest BCUT2D eigenvalue weighted by atomic mass is 79.9. The SMILES string of the molecule is Cc1cc(Cl)c2c(N)ncc(Br)c2c1. The number of pyridine rings is 1. The van der Waals surface area contributed by atoms with Crippen LogP contribution in [0.3, 0.4) is 0 Å². The van der Waals surface area contributed by atoms with Crippen molar-refractivity contribution in [3.8, 4) is 0 Å². The van der Waals surface area contributed by atoms with Crippen molar-refractivity contribution in [2.45, 2.75) is 6.92 Å². The molecule has 72 valence electrons. The molecule has 0 amide bonds. The quantitative estimate of drug-likeness (QED) is 0.796. The zero-order chi connectivity index (χ0) is 10.3. The first kappa shape index (κ1) is 9.74. The number of rotatable bonds is 0. The van der Waals surface area contributed by atoms with E-state index in [9.17, 15) is 0 Å². The van der Waals surface area contributed by atoms with Crippen molar-refractivity contribution in [1.82, 2.24) is 4.98 Å². The van der Waals surface area contributed by atoms with E-state index in [4.69, 9.17) is 17.3 Å². The highest BCUT2D eigenvalue weighted by Gasteiger charge is 2.07. The first-order chi connectivity index (χ1) is 6.59. The Bertz CT molecular complexity index is 511. The van der Waals surface area contributed by atoms with Crippen molar-refractivity contribution in [1.29, 1.82) is 0 Å². The molecule has 0 radical (unpaired) electrons. The third-order valence-electron chi connectivity index (χ3n) is 2.06. The molecule has 1 aromatic carbocycles. The van der Waals surface area contributed by atoms with Crippen LogP contribution in [0.15, 0.2) is 22.8 Å². The van der Waals surface area contributed by atoms with Crippen LogP contribution in [0.4, 0.5) is 5.82 Å². The normalized spacial score (nSPS) is 10.8. The molecule has 2 nitrogen and oxygen atoms in total. The van der Waals surface area contributed by atoms with E-state index in [0.29, 0.717) is 10.8 Å². The second kappa shape index (κ2) is 3.41. The molecule has 2 N–H and O–H groups in total. The number of nitrogens with zero attached hydrogens (tertiary/aromatic N) is 1. The Morgan fingerprint density at radius 1 is 1.43 bits per heavy atom. The molecule has 2 rings (SSSR count). The van der Waals surface area contributed by atoms with Crippen LogP contribution in [0.25, 0.3) is 10.8 Å². The summed E-state index contributed by atoms with van der Waals surface area (Å²) >= 11 is 9.52. The summed E-state index contributed by atoms with van der Waals surface area (Å²) in [7, 11) is 0. The minimum absolute atomic E-state index is 0.466. The molecule has 0 aliphatic heterocycles. The molecule has 0 saturated heterocycles. The lowest BCUT2D eigenvalue weighted by molar-refractivity contribution is 1.35. The van der Waals surface area contributed by atoms with Crippen LogP contribution in [0.1, 0.15) is 5.56 Å². The maximum atomic E-state index is 6.10. The standard InChI is InChI=1S/C10H8BrClN2/c1-5-2-6-7(11)4-14-10(13)9(6)8(12)3-5/h2-4H,1H3,(H2,13,14). The van der Waals surface area contributed by atoms with Crippen LogP contribution in [-0.4, -0.2) is 4.98 Å². The molecule has 14 heavy (non-hydrogen) atoms. The number of aromatic nitrogens is 1. The van der Waals surface area contributed by atoms with E-state index < -0.39 is 0 Å². The highest BCUT2D eigenvalue weighted by molar-refractivity contribution is 9.10. The van der Waals surface area contributed by atoms with Gasteiger partial charge in [0.2, 0.25) is 0 Å². The maximum absolute atomic E-state index is 6.10. The third kappa shape index (κ3) is 1.47. The zero-order valence-electron chi connectivity index (χ0n) is 7.51. The fourth-order valence-corrected chi connectivity index (χ4v) is 2.24. The molecular formula is C10H8BrClN2. The molecule has 1 aromatic heterocycles. The molecule has 0 saturated carbocycles. The van der Waals surface area contributed by atoms with Crippen molar-refractivity contribution >= 4 is 44.1 Å². The van der Waals surface area contributed by atoms with E-state index in [2.05, 4.69) is 20.9 Å². The van der Waals surface area contributed by atoms with Gasteiger partial charge < -0.3 is 5.73 Å². The van der Waals surface area contributed by atoms with Crippen LogP contribution in [-0.2, 0) is 0 Å². The predicted octanol–water partition coefficient (Wildman–Crippen LogP) is 3.54. The summed E-state index contributed by atoms with van der Waals surface area (Å²) in [6.45, 7) is 1.99. The second-order valence-electron chi connectivity index (χ2n) is 3.16. The molecule has 4 heteroatoms. The Kier molecular flexibility index (Phi) is 2.37. The largest absolute Gasteiger partial charge is 0.383 e. The molecule has 0 aliphatic carbocycles. The van der Waals surface area contributed by atoms with Gasteiger partial charge in [0.15, 0.2) is 0 Å². The molecule has 0 bridgehead atoms. The number of halogens is 2. The van der Waals surface area contributed by atoms with Crippen LogP contribution >= 0.6 is 27.5 Å². The fraction of sp³-hybridized carbons (Fsp3) is 0.100. The molecule has 2 aromatic rings. The van der Waals surface area contributed by atoms with Gasteiger partial charge in [0, 0.05) is 21.4 Å². The summed E-state index contributed by atoms with van der Waals surface area (Å²) < 4.78 is 0.910. The third-order valence-corrected chi connectivity index (χ3v) is 3.00. The van der Waals surface area contributed by atoms with Gasteiger partial charge in [-0.2, -0.15) is 0 Å². The summed E-state index contributed by atoms with van der Waals surface area (Å²) in [6.07, 6.45) is 1.69. The summed E-state index contributed by atoms with van der Waals surface area (Å²) in [4.78, 5) is 4.04. The van der Waals surface area contributed by atoms with Gasteiger partial charge in [0.1, 0.15) is 5.82 Å². The van der Waals surface area contributed by atoms with Gasteiger partial charge in [-0.05, 0) is 34.5 Å². The summed E-state index contributed by atoms with van der Waals surface area (Å²) in [5.74, 6) is 0.466. The number of hydrogen-bond donors (Lipinski definition) is 1. The average molecular weight is 272 g/mol. The lowest BCUT2D eigenvalue weighted by Crippen LogP contribution is -1.93. The monoisotopic (exact) mass is 270 g/mol. The predicted molar refractivity (Wildman–Crippen MR) is 63.6 cm³/mol. The Hall–Kier alpha value is -0.800. The first-order valence-corrected chi connectivity index (χ1v) is 5.26. The maximum Gasteiger partial charge on any atom is 0.132 e. The fourth-order valence-electron chi connectivity index (χ4n) is 1.45. The van der Waals surface area contributed by atoms with E-state index in [1.165, 1.54) is 0 Å². The Morgan fingerprint density at radius 3 is 2.86 bits per heavy atom.